The molecule has 88 valence electrons. The van der Waals surface area contributed by atoms with Crippen LogP contribution in [0, 0.1) is 5.41 Å². The van der Waals surface area contributed by atoms with Gasteiger partial charge in [-0.25, -0.2) is 0 Å². The standard InChI is InChI=1S/C11H22N2O2/c1-11(2,3)10(14)13-6-5-12-9-4-7-15-8-9/h9,12H,4-8H2,1-3H3,(H,13,14). The minimum atomic E-state index is -0.295. The molecule has 1 aliphatic rings. The van der Waals surface area contributed by atoms with Crippen molar-refractivity contribution < 1.29 is 9.53 Å². The molecule has 4 heteroatoms. The van der Waals surface area contributed by atoms with Gasteiger partial charge in [-0.05, 0) is 6.42 Å². The number of hydrogen-bond acceptors (Lipinski definition) is 3. The normalized spacial score (nSPS) is 21.7. The zero-order valence-electron chi connectivity index (χ0n) is 9.93. The van der Waals surface area contributed by atoms with Crippen LogP contribution in [-0.2, 0) is 9.53 Å². The maximum atomic E-state index is 11.5. The van der Waals surface area contributed by atoms with Crippen LogP contribution in [0.1, 0.15) is 27.2 Å². The van der Waals surface area contributed by atoms with Gasteiger partial charge in [0.25, 0.3) is 0 Å². The summed E-state index contributed by atoms with van der Waals surface area (Å²) in [5.41, 5.74) is -0.295. The van der Waals surface area contributed by atoms with Gasteiger partial charge in [-0.3, -0.25) is 4.79 Å². The third-order valence-electron chi connectivity index (χ3n) is 2.45. The average molecular weight is 214 g/mol. The predicted octanol–water partition coefficient (Wildman–Crippen LogP) is 0.527. The second kappa shape index (κ2) is 5.47. The van der Waals surface area contributed by atoms with E-state index in [-0.39, 0.29) is 11.3 Å². The molecule has 0 aliphatic carbocycles. The number of amides is 1. The Morgan fingerprint density at radius 1 is 1.40 bits per heavy atom. The zero-order valence-corrected chi connectivity index (χ0v) is 9.93. The molecule has 1 saturated heterocycles. The van der Waals surface area contributed by atoms with Crippen molar-refractivity contribution in [3.8, 4) is 0 Å². The molecular weight excluding hydrogens is 192 g/mol. The summed E-state index contributed by atoms with van der Waals surface area (Å²) >= 11 is 0. The van der Waals surface area contributed by atoms with Gasteiger partial charge in [0.2, 0.25) is 5.91 Å². The van der Waals surface area contributed by atoms with Crippen LogP contribution >= 0.6 is 0 Å². The average Bonchev–Trinajstić information content (AvgIpc) is 2.63. The zero-order chi connectivity index (χ0) is 11.3. The first kappa shape index (κ1) is 12.5. The van der Waals surface area contributed by atoms with Crippen LogP contribution in [0.5, 0.6) is 0 Å². The molecule has 0 bridgehead atoms. The highest BCUT2D eigenvalue weighted by molar-refractivity contribution is 5.81. The SMILES string of the molecule is CC(C)(C)C(=O)NCCNC1CCOC1. The minimum absolute atomic E-state index is 0.104. The van der Waals surface area contributed by atoms with E-state index in [0.29, 0.717) is 12.6 Å². The number of rotatable bonds is 4. The van der Waals surface area contributed by atoms with Crippen LogP contribution in [0.4, 0.5) is 0 Å². The van der Waals surface area contributed by atoms with E-state index in [1.807, 2.05) is 20.8 Å². The summed E-state index contributed by atoms with van der Waals surface area (Å²) in [6, 6.07) is 0.469. The maximum Gasteiger partial charge on any atom is 0.225 e. The Labute approximate surface area is 91.8 Å². The fourth-order valence-corrected chi connectivity index (χ4v) is 1.41. The minimum Gasteiger partial charge on any atom is -0.380 e. The van der Waals surface area contributed by atoms with Crippen LogP contribution < -0.4 is 10.6 Å². The lowest BCUT2D eigenvalue weighted by Gasteiger charge is -2.18. The van der Waals surface area contributed by atoms with Gasteiger partial charge in [0.15, 0.2) is 0 Å². The number of carbonyl (C=O) groups excluding carboxylic acids is 1. The highest BCUT2D eigenvalue weighted by Gasteiger charge is 2.20. The molecule has 15 heavy (non-hydrogen) atoms. The van der Waals surface area contributed by atoms with Crippen molar-refractivity contribution in [3.63, 3.8) is 0 Å². The molecular formula is C11H22N2O2. The Bertz CT molecular complexity index is 205. The molecule has 0 aromatic rings. The first-order valence-electron chi connectivity index (χ1n) is 5.59. The molecule has 0 radical (unpaired) electrons. The van der Waals surface area contributed by atoms with Gasteiger partial charge in [0.05, 0.1) is 6.61 Å². The summed E-state index contributed by atoms with van der Waals surface area (Å²) in [4.78, 5) is 11.5. The lowest BCUT2D eigenvalue weighted by atomic mass is 9.96. The van der Waals surface area contributed by atoms with Crippen molar-refractivity contribution in [2.45, 2.75) is 33.2 Å². The summed E-state index contributed by atoms with van der Waals surface area (Å²) in [6.45, 7) is 8.91. The second-order valence-corrected chi connectivity index (χ2v) is 5.02. The fraction of sp³-hybridized carbons (Fsp3) is 0.909. The van der Waals surface area contributed by atoms with E-state index in [9.17, 15) is 4.79 Å². The van der Waals surface area contributed by atoms with Gasteiger partial charge in [-0.15, -0.1) is 0 Å². The van der Waals surface area contributed by atoms with Crippen molar-refractivity contribution in [2.75, 3.05) is 26.3 Å². The lowest BCUT2D eigenvalue weighted by molar-refractivity contribution is -0.128. The van der Waals surface area contributed by atoms with Gasteiger partial charge in [-0.1, -0.05) is 20.8 Å². The molecule has 1 fully saturated rings. The topological polar surface area (TPSA) is 50.4 Å². The Kier molecular flexibility index (Phi) is 4.54. The molecule has 0 saturated carbocycles. The first-order valence-corrected chi connectivity index (χ1v) is 5.59. The van der Waals surface area contributed by atoms with Gasteiger partial charge in [-0.2, -0.15) is 0 Å². The lowest BCUT2D eigenvalue weighted by Crippen LogP contribution is -2.41. The smallest absolute Gasteiger partial charge is 0.225 e. The molecule has 4 nitrogen and oxygen atoms in total. The molecule has 0 aromatic carbocycles. The number of hydrogen-bond donors (Lipinski definition) is 2. The van der Waals surface area contributed by atoms with Gasteiger partial charge >= 0.3 is 0 Å². The number of carbonyl (C=O) groups is 1. The molecule has 1 aliphatic heterocycles. The molecule has 2 N–H and O–H groups in total. The van der Waals surface area contributed by atoms with Gasteiger partial charge < -0.3 is 15.4 Å². The summed E-state index contributed by atoms with van der Waals surface area (Å²) in [5, 5.41) is 6.25. The van der Waals surface area contributed by atoms with E-state index in [1.54, 1.807) is 0 Å². The molecule has 1 unspecified atom stereocenters. The van der Waals surface area contributed by atoms with Crippen LogP contribution in [0.2, 0.25) is 0 Å². The van der Waals surface area contributed by atoms with E-state index in [1.165, 1.54) is 0 Å². The third-order valence-corrected chi connectivity index (χ3v) is 2.45. The van der Waals surface area contributed by atoms with Crippen molar-refractivity contribution in [3.05, 3.63) is 0 Å². The number of nitrogens with one attached hydrogen (secondary N) is 2. The monoisotopic (exact) mass is 214 g/mol. The summed E-state index contributed by atoms with van der Waals surface area (Å²) in [5.74, 6) is 0.104. The van der Waals surface area contributed by atoms with Gasteiger partial charge in [0.1, 0.15) is 0 Å². The van der Waals surface area contributed by atoms with Crippen LogP contribution in [-0.4, -0.2) is 38.3 Å². The van der Waals surface area contributed by atoms with E-state index < -0.39 is 0 Å². The fourth-order valence-electron chi connectivity index (χ4n) is 1.41. The van der Waals surface area contributed by atoms with E-state index in [0.717, 1.165) is 26.2 Å². The van der Waals surface area contributed by atoms with Crippen molar-refractivity contribution in [2.24, 2.45) is 5.41 Å². The molecule has 1 rings (SSSR count). The Morgan fingerprint density at radius 3 is 2.67 bits per heavy atom. The Balaban J connectivity index is 2.03. The van der Waals surface area contributed by atoms with E-state index in [2.05, 4.69) is 10.6 Å². The van der Waals surface area contributed by atoms with E-state index in [4.69, 9.17) is 4.74 Å². The Hall–Kier alpha value is -0.610. The largest absolute Gasteiger partial charge is 0.380 e. The van der Waals surface area contributed by atoms with Crippen molar-refractivity contribution in [1.82, 2.24) is 10.6 Å². The molecule has 1 heterocycles. The molecule has 0 spiro atoms. The van der Waals surface area contributed by atoms with Crippen LogP contribution in [0.3, 0.4) is 0 Å². The van der Waals surface area contributed by atoms with Gasteiger partial charge in [0, 0.05) is 31.2 Å². The summed E-state index contributed by atoms with van der Waals surface area (Å²) in [6.07, 6.45) is 1.08. The quantitative estimate of drug-likeness (QED) is 0.671. The van der Waals surface area contributed by atoms with Crippen molar-refractivity contribution in [1.29, 1.82) is 0 Å². The summed E-state index contributed by atoms with van der Waals surface area (Å²) < 4.78 is 5.24. The molecule has 1 atom stereocenters. The van der Waals surface area contributed by atoms with Crippen LogP contribution in [0.25, 0.3) is 0 Å². The van der Waals surface area contributed by atoms with E-state index >= 15 is 0 Å². The molecule has 0 aromatic heterocycles. The maximum absolute atomic E-state index is 11.5. The third kappa shape index (κ3) is 4.62. The van der Waals surface area contributed by atoms with Crippen LogP contribution in [0.15, 0.2) is 0 Å². The summed E-state index contributed by atoms with van der Waals surface area (Å²) in [7, 11) is 0. The Morgan fingerprint density at radius 2 is 2.13 bits per heavy atom. The molecule has 1 amide bonds. The number of ether oxygens (including phenoxy) is 1. The highest BCUT2D eigenvalue weighted by Crippen LogP contribution is 2.11. The predicted molar refractivity (Wildman–Crippen MR) is 59.7 cm³/mol. The second-order valence-electron chi connectivity index (χ2n) is 5.02. The first-order chi connectivity index (χ1) is 7.00. The van der Waals surface area contributed by atoms with Crippen molar-refractivity contribution >= 4 is 5.91 Å². The highest BCUT2D eigenvalue weighted by atomic mass is 16.5.